The van der Waals surface area contributed by atoms with Crippen molar-refractivity contribution in [3.63, 3.8) is 0 Å². The highest BCUT2D eigenvalue weighted by molar-refractivity contribution is 4.82. The van der Waals surface area contributed by atoms with Gasteiger partial charge in [-0.05, 0) is 31.8 Å². The van der Waals surface area contributed by atoms with Gasteiger partial charge in [-0.3, -0.25) is 0 Å². The molecule has 72 valence electrons. The van der Waals surface area contributed by atoms with Crippen molar-refractivity contribution in [1.82, 2.24) is 5.32 Å². The van der Waals surface area contributed by atoms with Crippen LogP contribution in [-0.4, -0.2) is 19.1 Å². The fourth-order valence-electron chi connectivity index (χ4n) is 1.01. The fraction of sp³-hybridized carbons (Fsp3) is 0.800. The second-order valence-electron chi connectivity index (χ2n) is 3.67. The van der Waals surface area contributed by atoms with Gasteiger partial charge in [-0.1, -0.05) is 19.9 Å². The average Bonchev–Trinajstić information content (AvgIpc) is 2.04. The normalized spacial score (nSPS) is 16.1. The predicted octanol–water partition coefficient (Wildman–Crippen LogP) is 1.38. The Morgan fingerprint density at radius 3 is 2.33 bits per heavy atom. The summed E-state index contributed by atoms with van der Waals surface area (Å²) in [6.45, 7) is 12.0. The SMILES string of the molecule is C=CC(C)NCC(CN)C(C)C. The van der Waals surface area contributed by atoms with Crippen LogP contribution in [0.3, 0.4) is 0 Å². The minimum atomic E-state index is 0.387. The maximum Gasteiger partial charge on any atom is 0.0219 e. The van der Waals surface area contributed by atoms with Crippen molar-refractivity contribution in [1.29, 1.82) is 0 Å². The van der Waals surface area contributed by atoms with Crippen LogP contribution in [0.15, 0.2) is 12.7 Å². The first kappa shape index (κ1) is 11.7. The smallest absolute Gasteiger partial charge is 0.0219 e. The standard InChI is InChI=1S/C10H22N2/c1-5-9(4)12-7-10(6-11)8(2)3/h5,8-10,12H,1,6-7,11H2,2-4H3. The highest BCUT2D eigenvalue weighted by Gasteiger charge is 2.10. The van der Waals surface area contributed by atoms with Gasteiger partial charge in [0.2, 0.25) is 0 Å². The first-order valence-electron chi connectivity index (χ1n) is 4.67. The summed E-state index contributed by atoms with van der Waals surface area (Å²) in [6, 6.07) is 0.387. The molecule has 12 heavy (non-hydrogen) atoms. The lowest BCUT2D eigenvalue weighted by molar-refractivity contribution is 0.365. The van der Waals surface area contributed by atoms with Crippen molar-refractivity contribution in [2.45, 2.75) is 26.8 Å². The van der Waals surface area contributed by atoms with Gasteiger partial charge in [0.15, 0.2) is 0 Å². The van der Waals surface area contributed by atoms with E-state index in [1.807, 2.05) is 6.08 Å². The van der Waals surface area contributed by atoms with Crippen molar-refractivity contribution in [3.8, 4) is 0 Å². The molecule has 0 aliphatic carbocycles. The maximum atomic E-state index is 5.64. The second-order valence-corrected chi connectivity index (χ2v) is 3.67. The van der Waals surface area contributed by atoms with Crippen LogP contribution in [0.1, 0.15) is 20.8 Å². The van der Waals surface area contributed by atoms with Crippen molar-refractivity contribution in [3.05, 3.63) is 12.7 Å². The first-order valence-corrected chi connectivity index (χ1v) is 4.67. The van der Waals surface area contributed by atoms with Gasteiger partial charge in [0.1, 0.15) is 0 Å². The molecule has 0 aromatic carbocycles. The number of nitrogens with two attached hydrogens (primary N) is 1. The van der Waals surface area contributed by atoms with Crippen LogP contribution in [0.25, 0.3) is 0 Å². The molecule has 2 unspecified atom stereocenters. The minimum Gasteiger partial charge on any atom is -0.330 e. The van der Waals surface area contributed by atoms with Crippen LogP contribution < -0.4 is 11.1 Å². The molecule has 0 bridgehead atoms. The third-order valence-corrected chi connectivity index (χ3v) is 2.30. The van der Waals surface area contributed by atoms with E-state index in [2.05, 4.69) is 32.7 Å². The molecular weight excluding hydrogens is 148 g/mol. The van der Waals surface area contributed by atoms with Gasteiger partial charge in [-0.25, -0.2) is 0 Å². The lowest BCUT2D eigenvalue weighted by Gasteiger charge is -2.20. The van der Waals surface area contributed by atoms with Crippen molar-refractivity contribution < 1.29 is 0 Å². The summed E-state index contributed by atoms with van der Waals surface area (Å²) in [7, 11) is 0. The van der Waals surface area contributed by atoms with E-state index < -0.39 is 0 Å². The summed E-state index contributed by atoms with van der Waals surface area (Å²) in [5, 5.41) is 3.37. The van der Waals surface area contributed by atoms with E-state index in [-0.39, 0.29) is 0 Å². The van der Waals surface area contributed by atoms with Crippen LogP contribution in [0.5, 0.6) is 0 Å². The van der Waals surface area contributed by atoms with Gasteiger partial charge in [0, 0.05) is 6.04 Å². The molecule has 0 aliphatic heterocycles. The summed E-state index contributed by atoms with van der Waals surface area (Å²) in [6.07, 6.45) is 1.91. The van der Waals surface area contributed by atoms with Crippen LogP contribution in [-0.2, 0) is 0 Å². The van der Waals surface area contributed by atoms with E-state index in [9.17, 15) is 0 Å². The molecule has 0 spiro atoms. The Labute approximate surface area is 76.2 Å². The largest absolute Gasteiger partial charge is 0.330 e. The van der Waals surface area contributed by atoms with E-state index in [1.165, 1.54) is 0 Å². The zero-order chi connectivity index (χ0) is 9.56. The van der Waals surface area contributed by atoms with Gasteiger partial charge in [-0.2, -0.15) is 0 Å². The third kappa shape index (κ3) is 4.52. The quantitative estimate of drug-likeness (QED) is 0.591. The summed E-state index contributed by atoms with van der Waals surface area (Å²) in [5.41, 5.74) is 5.64. The van der Waals surface area contributed by atoms with Gasteiger partial charge in [0.05, 0.1) is 0 Å². The van der Waals surface area contributed by atoms with Gasteiger partial charge in [0.25, 0.3) is 0 Å². The second kappa shape index (κ2) is 6.21. The lowest BCUT2D eigenvalue weighted by Crippen LogP contribution is -2.35. The van der Waals surface area contributed by atoms with Crippen molar-refractivity contribution >= 4 is 0 Å². The molecule has 0 saturated carbocycles. The molecule has 0 aliphatic rings. The van der Waals surface area contributed by atoms with E-state index in [0.29, 0.717) is 17.9 Å². The molecule has 3 N–H and O–H groups in total. The highest BCUT2D eigenvalue weighted by atomic mass is 14.9. The van der Waals surface area contributed by atoms with Crippen LogP contribution in [0.2, 0.25) is 0 Å². The molecule has 2 nitrogen and oxygen atoms in total. The molecular formula is C10H22N2. The number of hydrogen-bond acceptors (Lipinski definition) is 2. The summed E-state index contributed by atoms with van der Waals surface area (Å²) >= 11 is 0. The average molecular weight is 170 g/mol. The first-order chi connectivity index (χ1) is 5.61. The van der Waals surface area contributed by atoms with Crippen molar-refractivity contribution in [2.75, 3.05) is 13.1 Å². The summed E-state index contributed by atoms with van der Waals surface area (Å²) in [5.74, 6) is 1.23. The summed E-state index contributed by atoms with van der Waals surface area (Å²) in [4.78, 5) is 0. The molecule has 0 heterocycles. The van der Waals surface area contributed by atoms with Crippen LogP contribution >= 0.6 is 0 Å². The molecule has 0 aromatic heterocycles. The zero-order valence-corrected chi connectivity index (χ0v) is 8.51. The molecule has 0 aromatic rings. The van der Waals surface area contributed by atoms with Crippen molar-refractivity contribution in [2.24, 2.45) is 17.6 Å². The van der Waals surface area contributed by atoms with E-state index in [0.717, 1.165) is 13.1 Å². The predicted molar refractivity (Wildman–Crippen MR) is 55.0 cm³/mol. The Balaban J connectivity index is 3.64. The third-order valence-electron chi connectivity index (χ3n) is 2.30. The van der Waals surface area contributed by atoms with E-state index in [1.54, 1.807) is 0 Å². The molecule has 0 amide bonds. The Morgan fingerprint density at radius 1 is 1.42 bits per heavy atom. The molecule has 0 rings (SSSR count). The number of rotatable bonds is 6. The minimum absolute atomic E-state index is 0.387. The van der Waals surface area contributed by atoms with Crippen LogP contribution in [0.4, 0.5) is 0 Å². The highest BCUT2D eigenvalue weighted by Crippen LogP contribution is 2.07. The van der Waals surface area contributed by atoms with Gasteiger partial charge >= 0.3 is 0 Å². The Hall–Kier alpha value is -0.340. The molecule has 0 fully saturated rings. The molecule has 0 saturated heterocycles. The maximum absolute atomic E-state index is 5.64. The van der Waals surface area contributed by atoms with E-state index in [4.69, 9.17) is 5.73 Å². The number of nitrogens with one attached hydrogen (secondary N) is 1. The van der Waals surface area contributed by atoms with E-state index >= 15 is 0 Å². The van der Waals surface area contributed by atoms with Crippen LogP contribution in [0, 0.1) is 11.8 Å². The zero-order valence-electron chi connectivity index (χ0n) is 8.51. The topological polar surface area (TPSA) is 38.0 Å². The monoisotopic (exact) mass is 170 g/mol. The van der Waals surface area contributed by atoms with Gasteiger partial charge in [-0.15, -0.1) is 6.58 Å². The summed E-state index contributed by atoms with van der Waals surface area (Å²) < 4.78 is 0. The number of hydrogen-bond donors (Lipinski definition) is 2. The lowest BCUT2D eigenvalue weighted by atomic mass is 9.96. The fourth-order valence-corrected chi connectivity index (χ4v) is 1.01. The molecule has 0 radical (unpaired) electrons. The molecule has 2 heteroatoms. The molecule has 2 atom stereocenters. The Morgan fingerprint density at radius 2 is 2.00 bits per heavy atom. The Kier molecular flexibility index (Phi) is 6.03. The van der Waals surface area contributed by atoms with Gasteiger partial charge < -0.3 is 11.1 Å². The Bertz CT molecular complexity index is 121.